The Bertz CT molecular complexity index is 679. The molecule has 2 aromatic rings. The van der Waals surface area contributed by atoms with Crippen molar-refractivity contribution >= 4 is 18.2 Å². The first-order chi connectivity index (χ1) is 9.85. The lowest BCUT2D eigenvalue weighted by Gasteiger charge is -2.10. The van der Waals surface area contributed by atoms with Crippen LogP contribution in [0.3, 0.4) is 0 Å². The van der Waals surface area contributed by atoms with Crippen LogP contribution in [0.2, 0.25) is 0 Å². The second kappa shape index (κ2) is 5.75. The van der Waals surface area contributed by atoms with Crippen LogP contribution in [0.4, 0.5) is 22.0 Å². The molecule has 0 amide bonds. The summed E-state index contributed by atoms with van der Waals surface area (Å²) in [7, 11) is 0.485. The van der Waals surface area contributed by atoms with Crippen LogP contribution in [0.15, 0.2) is 18.2 Å². The molecule has 0 saturated carbocycles. The third-order valence-corrected chi connectivity index (χ3v) is 3.14. The predicted molar refractivity (Wildman–Crippen MR) is 70.4 cm³/mol. The molecule has 0 aromatic heterocycles. The van der Waals surface area contributed by atoms with Crippen molar-refractivity contribution in [3.8, 4) is 5.75 Å². The van der Waals surface area contributed by atoms with Gasteiger partial charge in [0.25, 0.3) is 0 Å². The number of methoxy groups -OCH3 is 1. The van der Waals surface area contributed by atoms with E-state index in [1.54, 1.807) is 0 Å². The molecule has 0 heterocycles. The highest BCUT2D eigenvalue weighted by Gasteiger charge is 2.22. The Kier molecular flexibility index (Phi) is 4.20. The van der Waals surface area contributed by atoms with Crippen LogP contribution in [-0.4, -0.2) is 14.4 Å². The fraction of sp³-hybridized carbons (Fsp3) is 0.143. The van der Waals surface area contributed by atoms with Gasteiger partial charge in [-0.25, -0.2) is 22.0 Å². The summed E-state index contributed by atoms with van der Waals surface area (Å²) in [5.41, 5.74) is -1.50. The number of halogens is 5. The average molecular weight is 300 g/mol. The van der Waals surface area contributed by atoms with Gasteiger partial charge in [0.2, 0.25) is 7.28 Å². The van der Waals surface area contributed by atoms with Gasteiger partial charge in [0.1, 0.15) is 23.2 Å². The summed E-state index contributed by atoms with van der Waals surface area (Å²) in [6.45, 7) is 1.19. The van der Waals surface area contributed by atoms with E-state index in [4.69, 9.17) is 0 Å². The molecule has 0 atom stereocenters. The zero-order valence-corrected chi connectivity index (χ0v) is 11.2. The maximum atomic E-state index is 13.8. The SMILES string of the molecule is COc1cc(F)c(Bc2c(F)cc(C)c(F)c2F)c(F)c1. The molecular formula is C14H10BF5O. The molecule has 0 bridgehead atoms. The molecule has 0 unspecified atom stereocenters. The van der Waals surface area contributed by atoms with Crippen molar-refractivity contribution in [2.24, 2.45) is 0 Å². The Morgan fingerprint density at radius 1 is 0.810 bits per heavy atom. The summed E-state index contributed by atoms with van der Waals surface area (Å²) < 4.78 is 73.1. The molecule has 0 saturated heterocycles. The van der Waals surface area contributed by atoms with Gasteiger partial charge in [0, 0.05) is 12.1 Å². The average Bonchev–Trinajstić information content (AvgIpc) is 2.43. The minimum absolute atomic E-state index is 0.0650. The first kappa shape index (κ1) is 15.3. The minimum Gasteiger partial charge on any atom is -0.497 e. The smallest absolute Gasteiger partial charge is 0.207 e. The lowest BCUT2D eigenvalue weighted by molar-refractivity contribution is 0.407. The summed E-state index contributed by atoms with van der Waals surface area (Å²) in [5, 5.41) is 0. The highest BCUT2D eigenvalue weighted by molar-refractivity contribution is 6.67. The second-order valence-corrected chi connectivity index (χ2v) is 4.53. The van der Waals surface area contributed by atoms with E-state index in [9.17, 15) is 22.0 Å². The number of aryl methyl sites for hydroxylation is 1. The van der Waals surface area contributed by atoms with E-state index in [0.29, 0.717) is 0 Å². The zero-order valence-electron chi connectivity index (χ0n) is 11.2. The van der Waals surface area contributed by atoms with Crippen LogP contribution in [-0.2, 0) is 0 Å². The van der Waals surface area contributed by atoms with Gasteiger partial charge >= 0.3 is 0 Å². The van der Waals surface area contributed by atoms with Crippen LogP contribution in [0, 0.1) is 36.0 Å². The predicted octanol–water partition coefficient (Wildman–Crippen LogP) is 2.09. The van der Waals surface area contributed by atoms with Crippen molar-refractivity contribution in [3.05, 3.63) is 52.8 Å². The summed E-state index contributed by atoms with van der Waals surface area (Å²) in [6, 6.07) is 2.56. The Morgan fingerprint density at radius 3 is 1.86 bits per heavy atom. The fourth-order valence-corrected chi connectivity index (χ4v) is 1.96. The normalized spacial score (nSPS) is 10.6. The third kappa shape index (κ3) is 2.86. The van der Waals surface area contributed by atoms with Gasteiger partial charge in [0.05, 0.1) is 7.11 Å². The monoisotopic (exact) mass is 300 g/mol. The van der Waals surface area contributed by atoms with E-state index in [-0.39, 0.29) is 11.3 Å². The maximum absolute atomic E-state index is 13.8. The van der Waals surface area contributed by atoms with E-state index < -0.39 is 47.3 Å². The summed E-state index contributed by atoms with van der Waals surface area (Å²) in [6.07, 6.45) is 0. The van der Waals surface area contributed by atoms with Crippen molar-refractivity contribution in [1.29, 1.82) is 0 Å². The maximum Gasteiger partial charge on any atom is 0.207 e. The van der Waals surface area contributed by atoms with Crippen molar-refractivity contribution < 1.29 is 26.7 Å². The van der Waals surface area contributed by atoms with Gasteiger partial charge in [-0.3, -0.25) is 0 Å². The Labute approximate surface area is 118 Å². The van der Waals surface area contributed by atoms with E-state index in [0.717, 1.165) is 18.2 Å². The van der Waals surface area contributed by atoms with E-state index in [2.05, 4.69) is 4.74 Å². The molecular weight excluding hydrogens is 290 g/mol. The lowest BCUT2D eigenvalue weighted by Crippen LogP contribution is -2.37. The first-order valence-corrected chi connectivity index (χ1v) is 6.00. The van der Waals surface area contributed by atoms with Crippen LogP contribution in [0.5, 0.6) is 5.75 Å². The topological polar surface area (TPSA) is 9.23 Å². The molecule has 2 aromatic carbocycles. The molecule has 0 spiro atoms. The molecule has 7 heteroatoms. The minimum atomic E-state index is -1.44. The van der Waals surface area contributed by atoms with Crippen LogP contribution >= 0.6 is 0 Å². The summed E-state index contributed by atoms with van der Waals surface area (Å²) in [5.74, 6) is -5.84. The highest BCUT2D eigenvalue weighted by atomic mass is 19.2. The van der Waals surface area contributed by atoms with Crippen molar-refractivity contribution in [2.45, 2.75) is 6.92 Å². The third-order valence-electron chi connectivity index (χ3n) is 3.14. The number of benzene rings is 2. The number of rotatable bonds is 3. The van der Waals surface area contributed by atoms with E-state index in [1.807, 2.05) is 0 Å². The quantitative estimate of drug-likeness (QED) is 0.479. The first-order valence-electron chi connectivity index (χ1n) is 6.00. The fourth-order valence-electron chi connectivity index (χ4n) is 1.96. The van der Waals surface area contributed by atoms with Gasteiger partial charge in [0.15, 0.2) is 11.6 Å². The van der Waals surface area contributed by atoms with Crippen molar-refractivity contribution in [1.82, 2.24) is 0 Å². The molecule has 110 valence electrons. The summed E-state index contributed by atoms with van der Waals surface area (Å²) in [4.78, 5) is 0. The number of ether oxygens (including phenoxy) is 1. The molecule has 1 nitrogen and oxygen atoms in total. The molecule has 0 aliphatic carbocycles. The number of hydrogen-bond acceptors (Lipinski definition) is 1. The van der Waals surface area contributed by atoms with Crippen molar-refractivity contribution in [3.63, 3.8) is 0 Å². The van der Waals surface area contributed by atoms with Crippen LogP contribution in [0.1, 0.15) is 5.56 Å². The number of hydrogen-bond donors (Lipinski definition) is 0. The molecule has 0 aliphatic rings. The second-order valence-electron chi connectivity index (χ2n) is 4.53. The van der Waals surface area contributed by atoms with Crippen LogP contribution < -0.4 is 15.7 Å². The highest BCUT2D eigenvalue weighted by Crippen LogP contribution is 2.14. The standard InChI is InChI=1S/C14H10BF5O/c1-6-3-8(16)12(14(20)13(6)19)15-11-9(17)4-7(21-2)5-10(11)18/h3-5,15H,1-2H3. The molecule has 0 N–H and O–H groups in total. The Balaban J connectivity index is 2.51. The molecule has 0 aliphatic heterocycles. The van der Waals surface area contributed by atoms with Gasteiger partial charge in [-0.1, -0.05) is 0 Å². The molecule has 0 radical (unpaired) electrons. The van der Waals surface area contributed by atoms with Crippen molar-refractivity contribution in [2.75, 3.05) is 7.11 Å². The van der Waals surface area contributed by atoms with Crippen LogP contribution in [0.25, 0.3) is 0 Å². The largest absolute Gasteiger partial charge is 0.497 e. The molecule has 2 rings (SSSR count). The Hall–Kier alpha value is -2.05. The zero-order chi connectivity index (χ0) is 15.7. The van der Waals surface area contributed by atoms with Gasteiger partial charge in [-0.15, -0.1) is 0 Å². The lowest BCUT2D eigenvalue weighted by atomic mass is 9.62. The van der Waals surface area contributed by atoms with E-state index in [1.165, 1.54) is 14.0 Å². The van der Waals surface area contributed by atoms with Gasteiger partial charge in [-0.2, -0.15) is 0 Å². The summed E-state index contributed by atoms with van der Waals surface area (Å²) >= 11 is 0. The van der Waals surface area contributed by atoms with Gasteiger partial charge in [-0.05, 0) is 29.5 Å². The van der Waals surface area contributed by atoms with E-state index >= 15 is 0 Å². The van der Waals surface area contributed by atoms with Gasteiger partial charge < -0.3 is 4.74 Å². The molecule has 21 heavy (non-hydrogen) atoms. The molecule has 0 fully saturated rings. The Morgan fingerprint density at radius 2 is 1.33 bits per heavy atom.